The predicted molar refractivity (Wildman–Crippen MR) is 64.7 cm³/mol. The first-order valence-corrected chi connectivity index (χ1v) is 5.65. The molecule has 16 heavy (non-hydrogen) atoms. The van der Waals surface area contributed by atoms with Gasteiger partial charge in [-0.1, -0.05) is 41.5 Å². The number of H-pyrrole nitrogens is 1. The van der Waals surface area contributed by atoms with Crippen molar-refractivity contribution in [2.45, 2.75) is 52.4 Å². The maximum Gasteiger partial charge on any atom is 0.177 e. The maximum absolute atomic E-state index is 4.23. The molecular weight excluding hydrogens is 200 g/mol. The third-order valence-corrected chi connectivity index (χ3v) is 2.67. The normalized spacial score (nSPS) is 13.6. The summed E-state index contributed by atoms with van der Waals surface area (Å²) in [6.07, 6.45) is 0. The molecule has 88 valence electrons. The first-order valence-electron chi connectivity index (χ1n) is 5.65. The fourth-order valence-electron chi connectivity index (χ4n) is 1.65. The van der Waals surface area contributed by atoms with Crippen LogP contribution in [0.15, 0.2) is 6.07 Å². The third kappa shape index (κ3) is 1.72. The molecule has 0 saturated heterocycles. The van der Waals surface area contributed by atoms with Crippen LogP contribution in [0.5, 0.6) is 0 Å². The van der Waals surface area contributed by atoms with Crippen molar-refractivity contribution < 1.29 is 0 Å². The lowest BCUT2D eigenvalue weighted by molar-refractivity contribution is 0.514. The van der Waals surface area contributed by atoms with E-state index in [0.29, 0.717) is 0 Å². The highest BCUT2D eigenvalue weighted by molar-refractivity contribution is 5.41. The van der Waals surface area contributed by atoms with E-state index in [0.717, 1.165) is 11.5 Å². The molecule has 0 aliphatic heterocycles. The second kappa shape index (κ2) is 3.09. The van der Waals surface area contributed by atoms with Gasteiger partial charge in [-0.25, -0.2) is 4.52 Å². The molecule has 0 aliphatic carbocycles. The summed E-state index contributed by atoms with van der Waals surface area (Å²) in [5.74, 6) is 0.970. The minimum absolute atomic E-state index is 0.000571. The number of nitrogens with one attached hydrogen (secondary N) is 1. The molecule has 0 aliphatic rings. The predicted octanol–water partition coefficient (Wildman–Crippen LogP) is 2.65. The lowest BCUT2D eigenvalue weighted by Gasteiger charge is -2.17. The molecule has 0 fully saturated rings. The summed E-state index contributed by atoms with van der Waals surface area (Å²) in [6, 6.07) is 2.07. The molecule has 0 saturated carbocycles. The highest BCUT2D eigenvalue weighted by Crippen LogP contribution is 2.25. The summed E-state index contributed by atoms with van der Waals surface area (Å²) in [5.41, 5.74) is 2.19. The average Bonchev–Trinajstić information content (AvgIpc) is 2.53. The van der Waals surface area contributed by atoms with E-state index in [1.165, 1.54) is 5.69 Å². The van der Waals surface area contributed by atoms with Crippen LogP contribution in [0.2, 0.25) is 0 Å². The number of aromatic nitrogens is 4. The molecule has 2 rings (SSSR count). The molecule has 0 radical (unpaired) electrons. The Labute approximate surface area is 96.1 Å². The van der Waals surface area contributed by atoms with Crippen molar-refractivity contribution in [2.24, 2.45) is 0 Å². The Morgan fingerprint density at radius 3 is 2.12 bits per heavy atom. The van der Waals surface area contributed by atoms with Crippen LogP contribution in [-0.4, -0.2) is 19.8 Å². The molecule has 0 unspecified atom stereocenters. The van der Waals surface area contributed by atoms with E-state index in [-0.39, 0.29) is 10.8 Å². The molecule has 0 atom stereocenters. The van der Waals surface area contributed by atoms with Gasteiger partial charge >= 0.3 is 0 Å². The Morgan fingerprint density at radius 2 is 1.62 bits per heavy atom. The Hall–Kier alpha value is -1.32. The van der Waals surface area contributed by atoms with Gasteiger partial charge in [0.15, 0.2) is 11.5 Å². The summed E-state index contributed by atoms with van der Waals surface area (Å²) in [6.45, 7) is 13.0. The highest BCUT2D eigenvalue weighted by atomic mass is 15.4. The van der Waals surface area contributed by atoms with Crippen molar-refractivity contribution >= 4 is 5.65 Å². The van der Waals surface area contributed by atoms with Gasteiger partial charge < -0.3 is 0 Å². The van der Waals surface area contributed by atoms with Gasteiger partial charge in [-0.15, -0.1) is 10.2 Å². The number of rotatable bonds is 0. The van der Waals surface area contributed by atoms with E-state index >= 15 is 0 Å². The van der Waals surface area contributed by atoms with Gasteiger partial charge in [0, 0.05) is 22.6 Å². The molecule has 0 spiro atoms. The lowest BCUT2D eigenvalue weighted by atomic mass is 9.93. The summed E-state index contributed by atoms with van der Waals surface area (Å²) in [4.78, 5) is 0. The van der Waals surface area contributed by atoms with Gasteiger partial charge in [0.05, 0.1) is 0 Å². The first-order chi connectivity index (χ1) is 7.19. The van der Waals surface area contributed by atoms with Crippen molar-refractivity contribution in [3.63, 3.8) is 0 Å². The molecule has 2 heterocycles. The summed E-state index contributed by atoms with van der Waals surface area (Å²) in [5, 5.41) is 11.8. The number of hydrogen-bond acceptors (Lipinski definition) is 2. The molecule has 0 bridgehead atoms. The topological polar surface area (TPSA) is 46.0 Å². The zero-order valence-corrected chi connectivity index (χ0v) is 10.9. The van der Waals surface area contributed by atoms with Gasteiger partial charge in [0.1, 0.15) is 0 Å². The van der Waals surface area contributed by atoms with Crippen molar-refractivity contribution in [1.82, 2.24) is 19.8 Å². The van der Waals surface area contributed by atoms with Crippen LogP contribution >= 0.6 is 0 Å². The quantitative estimate of drug-likeness (QED) is 0.742. The van der Waals surface area contributed by atoms with Gasteiger partial charge in [-0.05, 0) is 0 Å². The van der Waals surface area contributed by atoms with Crippen LogP contribution in [0.4, 0.5) is 0 Å². The standard InChI is InChI=1S/C12H20N4/c1-11(2,3)8-7-9-13-14-10(12(4,5)6)16(9)15-8/h7,15H,1-6H3. The Morgan fingerprint density at radius 1 is 1.00 bits per heavy atom. The van der Waals surface area contributed by atoms with Crippen LogP contribution in [0.25, 0.3) is 5.65 Å². The monoisotopic (exact) mass is 220 g/mol. The molecule has 2 aromatic rings. The minimum atomic E-state index is -0.000571. The second-order valence-electron chi connectivity index (χ2n) is 6.39. The number of hydrogen-bond donors (Lipinski definition) is 1. The Bertz CT molecular complexity index is 505. The van der Waals surface area contributed by atoms with Crippen molar-refractivity contribution in [3.8, 4) is 0 Å². The smallest absolute Gasteiger partial charge is 0.177 e. The van der Waals surface area contributed by atoms with E-state index in [1.54, 1.807) is 0 Å². The van der Waals surface area contributed by atoms with E-state index in [9.17, 15) is 0 Å². The van der Waals surface area contributed by atoms with Crippen LogP contribution in [0, 0.1) is 0 Å². The Kier molecular flexibility index (Phi) is 2.16. The van der Waals surface area contributed by atoms with Crippen molar-refractivity contribution in [2.75, 3.05) is 0 Å². The molecule has 4 nitrogen and oxygen atoms in total. The van der Waals surface area contributed by atoms with Gasteiger partial charge in [-0.3, -0.25) is 5.10 Å². The van der Waals surface area contributed by atoms with Crippen LogP contribution < -0.4 is 0 Å². The van der Waals surface area contributed by atoms with Gasteiger partial charge in [0.2, 0.25) is 0 Å². The summed E-state index contributed by atoms with van der Waals surface area (Å²) < 4.78 is 1.99. The van der Waals surface area contributed by atoms with Crippen LogP contribution in [-0.2, 0) is 10.8 Å². The Balaban J connectivity index is 2.61. The zero-order valence-electron chi connectivity index (χ0n) is 10.9. The largest absolute Gasteiger partial charge is 0.295 e. The lowest BCUT2D eigenvalue weighted by Crippen LogP contribution is -2.18. The van der Waals surface area contributed by atoms with Crippen molar-refractivity contribution in [1.29, 1.82) is 0 Å². The summed E-state index contributed by atoms with van der Waals surface area (Å²) in [7, 11) is 0. The molecule has 0 amide bonds. The molecular formula is C12H20N4. The molecule has 0 aromatic carbocycles. The number of aromatic amines is 1. The van der Waals surface area contributed by atoms with Crippen LogP contribution in [0.1, 0.15) is 53.1 Å². The van der Waals surface area contributed by atoms with Gasteiger partial charge in [0.25, 0.3) is 0 Å². The summed E-state index contributed by atoms with van der Waals surface area (Å²) >= 11 is 0. The van der Waals surface area contributed by atoms with Gasteiger partial charge in [-0.2, -0.15) is 0 Å². The zero-order chi connectivity index (χ0) is 12.1. The SMILES string of the molecule is CC(C)(C)c1cc2nnc(C(C)(C)C)n2[nH]1. The molecule has 4 heteroatoms. The van der Waals surface area contributed by atoms with Crippen molar-refractivity contribution in [3.05, 3.63) is 17.6 Å². The molecule has 2 aromatic heterocycles. The fraction of sp³-hybridized carbons (Fsp3) is 0.667. The average molecular weight is 220 g/mol. The molecule has 1 N–H and O–H groups in total. The van der Waals surface area contributed by atoms with E-state index in [2.05, 4.69) is 62.9 Å². The fourth-order valence-corrected chi connectivity index (χ4v) is 1.65. The van der Waals surface area contributed by atoms with E-state index in [4.69, 9.17) is 0 Å². The minimum Gasteiger partial charge on any atom is -0.295 e. The highest BCUT2D eigenvalue weighted by Gasteiger charge is 2.24. The first kappa shape index (κ1) is 11.2. The van der Waals surface area contributed by atoms with E-state index < -0.39 is 0 Å². The third-order valence-electron chi connectivity index (χ3n) is 2.67. The number of fused-ring (bicyclic) bond motifs is 1. The second-order valence-corrected chi connectivity index (χ2v) is 6.39. The van der Waals surface area contributed by atoms with Crippen LogP contribution in [0.3, 0.4) is 0 Å². The van der Waals surface area contributed by atoms with E-state index in [1.807, 2.05) is 4.52 Å². The number of nitrogens with zero attached hydrogens (tertiary/aromatic N) is 3. The maximum atomic E-state index is 4.23.